The molecule has 1 aliphatic heterocycles. The van der Waals surface area contributed by atoms with E-state index in [1.165, 1.54) is 0 Å². The van der Waals surface area contributed by atoms with Gasteiger partial charge in [-0.2, -0.15) is 4.98 Å². The molecular formula is C19H28N6O3. The number of nitrogens with zero attached hydrogens (tertiary/aromatic N) is 4. The van der Waals surface area contributed by atoms with Gasteiger partial charge < -0.3 is 24.8 Å². The molecule has 0 radical (unpaired) electrons. The highest BCUT2D eigenvalue weighted by Gasteiger charge is 2.28. The Morgan fingerprint density at radius 2 is 2.21 bits per heavy atom. The van der Waals surface area contributed by atoms with Gasteiger partial charge >= 0.3 is 0 Å². The first-order valence-corrected chi connectivity index (χ1v) is 9.58. The van der Waals surface area contributed by atoms with Crippen LogP contribution in [0.5, 0.6) is 0 Å². The number of aryl methyl sites for hydroxylation is 1. The van der Waals surface area contributed by atoms with E-state index in [2.05, 4.69) is 39.6 Å². The molecule has 3 rings (SSSR count). The summed E-state index contributed by atoms with van der Waals surface area (Å²) < 4.78 is 10.9. The molecule has 1 amide bonds. The number of carbonyl (C=O) groups excluding carboxylic acids is 1. The molecule has 28 heavy (non-hydrogen) atoms. The summed E-state index contributed by atoms with van der Waals surface area (Å²) in [6, 6.07) is 3.71. The predicted molar refractivity (Wildman–Crippen MR) is 106 cm³/mol. The maximum atomic E-state index is 12.2. The lowest BCUT2D eigenvalue weighted by Crippen LogP contribution is -2.43. The van der Waals surface area contributed by atoms with E-state index in [0.29, 0.717) is 23.4 Å². The van der Waals surface area contributed by atoms with Crippen molar-refractivity contribution in [2.24, 2.45) is 5.92 Å². The largest absolute Gasteiger partial charge is 0.376 e. The van der Waals surface area contributed by atoms with Crippen LogP contribution in [0.1, 0.15) is 32.4 Å². The van der Waals surface area contributed by atoms with E-state index in [1.807, 2.05) is 6.07 Å². The van der Waals surface area contributed by atoms with Crippen LogP contribution in [0.25, 0.3) is 0 Å². The van der Waals surface area contributed by atoms with Crippen LogP contribution >= 0.6 is 0 Å². The highest BCUT2D eigenvalue weighted by molar-refractivity contribution is 5.92. The lowest BCUT2D eigenvalue weighted by molar-refractivity contribution is -0.115. The number of amides is 1. The van der Waals surface area contributed by atoms with Crippen molar-refractivity contribution in [3.05, 3.63) is 24.1 Å². The summed E-state index contributed by atoms with van der Waals surface area (Å²) in [7, 11) is 1.77. The summed E-state index contributed by atoms with van der Waals surface area (Å²) >= 11 is 0. The van der Waals surface area contributed by atoms with Crippen molar-refractivity contribution >= 4 is 23.5 Å². The first-order chi connectivity index (χ1) is 13.4. The lowest BCUT2D eigenvalue weighted by atomic mass is 9.94. The Morgan fingerprint density at radius 1 is 1.39 bits per heavy atom. The fraction of sp³-hybridized carbons (Fsp3) is 0.579. The number of nitrogens with one attached hydrogen (secondary N) is 2. The van der Waals surface area contributed by atoms with Crippen molar-refractivity contribution < 1.29 is 14.1 Å². The summed E-state index contributed by atoms with van der Waals surface area (Å²) in [6.45, 7) is 7.00. The molecule has 152 valence electrons. The van der Waals surface area contributed by atoms with E-state index in [9.17, 15) is 4.79 Å². The van der Waals surface area contributed by atoms with Crippen LogP contribution < -0.4 is 15.5 Å². The molecule has 0 spiro atoms. The van der Waals surface area contributed by atoms with Crippen molar-refractivity contribution in [2.45, 2.75) is 45.8 Å². The van der Waals surface area contributed by atoms with Gasteiger partial charge in [-0.3, -0.25) is 4.79 Å². The van der Waals surface area contributed by atoms with Gasteiger partial charge in [0.15, 0.2) is 5.82 Å². The monoisotopic (exact) mass is 388 g/mol. The second-order valence-electron chi connectivity index (χ2n) is 7.44. The van der Waals surface area contributed by atoms with Crippen molar-refractivity contribution in [3.63, 3.8) is 0 Å². The van der Waals surface area contributed by atoms with Crippen LogP contribution in [0.4, 0.5) is 17.6 Å². The molecule has 0 saturated carbocycles. The molecule has 9 heteroatoms. The van der Waals surface area contributed by atoms with Crippen molar-refractivity contribution in [3.8, 4) is 0 Å². The van der Waals surface area contributed by atoms with Crippen LogP contribution in [-0.4, -0.2) is 53.4 Å². The molecule has 0 bridgehead atoms. The summed E-state index contributed by atoms with van der Waals surface area (Å²) in [4.78, 5) is 22.7. The molecular weight excluding hydrogens is 360 g/mol. The third-order valence-electron chi connectivity index (χ3n) is 4.62. The Labute approximate surface area is 164 Å². The van der Waals surface area contributed by atoms with Gasteiger partial charge in [-0.05, 0) is 31.7 Å². The van der Waals surface area contributed by atoms with Gasteiger partial charge in [0.2, 0.25) is 11.9 Å². The van der Waals surface area contributed by atoms with Gasteiger partial charge in [-0.1, -0.05) is 19.0 Å². The molecule has 1 fully saturated rings. The van der Waals surface area contributed by atoms with Crippen molar-refractivity contribution in [2.75, 3.05) is 35.7 Å². The Bertz CT molecular complexity index is 793. The molecule has 2 aromatic heterocycles. The number of likely N-dealkylation sites (N-methyl/N-ethyl adjacent to an activating group) is 1. The van der Waals surface area contributed by atoms with E-state index in [-0.39, 0.29) is 24.6 Å². The maximum Gasteiger partial charge on any atom is 0.245 e. The Balaban J connectivity index is 1.60. The minimum Gasteiger partial charge on any atom is -0.376 e. The molecule has 1 aliphatic rings. The average molecular weight is 388 g/mol. The minimum absolute atomic E-state index is 0.0938. The third kappa shape index (κ3) is 5.19. The van der Waals surface area contributed by atoms with Gasteiger partial charge in [-0.25, -0.2) is 4.98 Å². The van der Waals surface area contributed by atoms with E-state index >= 15 is 0 Å². The zero-order chi connectivity index (χ0) is 20.1. The number of hydrogen-bond acceptors (Lipinski definition) is 8. The van der Waals surface area contributed by atoms with Crippen LogP contribution in [0.15, 0.2) is 22.9 Å². The number of rotatable bonds is 7. The SMILES string of the molecule is Cc1cc(NC(=O)CN(C)c2nccc(N[C@H]3CCCO[C@@H]3C(C)C)n2)no1. The molecule has 0 unspecified atom stereocenters. The van der Waals surface area contributed by atoms with Gasteiger partial charge in [-0.15, -0.1) is 0 Å². The summed E-state index contributed by atoms with van der Waals surface area (Å²) in [5.41, 5.74) is 0. The van der Waals surface area contributed by atoms with Crippen LogP contribution in [0, 0.1) is 12.8 Å². The Morgan fingerprint density at radius 3 is 2.93 bits per heavy atom. The topological polar surface area (TPSA) is 105 Å². The first-order valence-electron chi connectivity index (χ1n) is 9.58. The number of ether oxygens (including phenoxy) is 1. The van der Waals surface area contributed by atoms with E-state index < -0.39 is 0 Å². The van der Waals surface area contributed by atoms with Gasteiger partial charge in [0.1, 0.15) is 11.6 Å². The third-order valence-corrected chi connectivity index (χ3v) is 4.62. The second-order valence-corrected chi connectivity index (χ2v) is 7.44. The van der Waals surface area contributed by atoms with Crippen molar-refractivity contribution in [1.29, 1.82) is 0 Å². The molecule has 2 aromatic rings. The Hall–Kier alpha value is -2.68. The summed E-state index contributed by atoms with van der Waals surface area (Å²) in [5.74, 6) is 2.42. The Kier molecular flexibility index (Phi) is 6.45. The smallest absolute Gasteiger partial charge is 0.245 e. The van der Waals surface area contributed by atoms with E-state index in [4.69, 9.17) is 9.26 Å². The lowest BCUT2D eigenvalue weighted by Gasteiger charge is -2.35. The maximum absolute atomic E-state index is 12.2. The van der Waals surface area contributed by atoms with Crippen LogP contribution in [0.2, 0.25) is 0 Å². The molecule has 1 saturated heterocycles. The van der Waals surface area contributed by atoms with Crippen LogP contribution in [0.3, 0.4) is 0 Å². The first kappa shape index (κ1) is 20.1. The quantitative estimate of drug-likeness (QED) is 0.745. The fourth-order valence-corrected chi connectivity index (χ4v) is 3.31. The number of carbonyl (C=O) groups is 1. The van der Waals surface area contributed by atoms with Crippen LogP contribution in [-0.2, 0) is 9.53 Å². The zero-order valence-electron chi connectivity index (χ0n) is 16.8. The van der Waals surface area contributed by atoms with E-state index in [0.717, 1.165) is 25.3 Å². The predicted octanol–water partition coefficient (Wildman–Crippen LogP) is 2.46. The van der Waals surface area contributed by atoms with Gasteiger partial charge in [0, 0.05) is 25.9 Å². The average Bonchev–Trinajstić information content (AvgIpc) is 3.06. The summed E-state index contributed by atoms with van der Waals surface area (Å²) in [6.07, 6.45) is 3.91. The molecule has 3 heterocycles. The standard InChI is InChI=1S/C19H28N6O3/c1-12(2)18-14(6-5-9-27-18)21-15-7-8-20-19(23-15)25(4)11-17(26)22-16-10-13(3)28-24-16/h7-8,10,12,14,18H,5-6,9,11H2,1-4H3,(H,20,21,23)(H,22,24,26)/t14-,18+/m0/s1. The molecule has 0 aromatic carbocycles. The van der Waals surface area contributed by atoms with Crippen molar-refractivity contribution in [1.82, 2.24) is 15.1 Å². The molecule has 0 aliphatic carbocycles. The second kappa shape index (κ2) is 9.01. The van der Waals surface area contributed by atoms with E-state index in [1.54, 1.807) is 31.1 Å². The normalized spacial score (nSPS) is 19.5. The van der Waals surface area contributed by atoms with Gasteiger partial charge in [0.25, 0.3) is 0 Å². The highest BCUT2D eigenvalue weighted by Crippen LogP contribution is 2.23. The zero-order valence-corrected chi connectivity index (χ0v) is 16.8. The number of anilines is 3. The molecule has 2 atom stereocenters. The highest BCUT2D eigenvalue weighted by atomic mass is 16.5. The van der Waals surface area contributed by atoms with Gasteiger partial charge in [0.05, 0.1) is 18.7 Å². The fourth-order valence-electron chi connectivity index (χ4n) is 3.31. The summed E-state index contributed by atoms with van der Waals surface area (Å²) in [5, 5.41) is 9.92. The number of aromatic nitrogens is 3. The molecule has 2 N–H and O–H groups in total. The molecule has 9 nitrogen and oxygen atoms in total. The minimum atomic E-state index is -0.224. The number of hydrogen-bond donors (Lipinski definition) is 2.